The molecule has 1 aliphatic carbocycles. The van der Waals surface area contributed by atoms with Crippen LogP contribution in [0.15, 0.2) is 24.3 Å². The van der Waals surface area contributed by atoms with E-state index in [-0.39, 0.29) is 0 Å². The fourth-order valence-electron chi connectivity index (χ4n) is 2.65. The number of aromatic nitrogens is 2. The number of nitrogens with one attached hydrogen (secondary N) is 1. The molecule has 0 amide bonds. The van der Waals surface area contributed by atoms with Gasteiger partial charge < -0.3 is 15.5 Å². The maximum Gasteiger partial charge on any atom is 0.198 e. The molecule has 19 heavy (non-hydrogen) atoms. The smallest absolute Gasteiger partial charge is 0.198 e. The molecule has 0 spiro atoms. The summed E-state index contributed by atoms with van der Waals surface area (Å²) < 4.78 is 5.95. The summed E-state index contributed by atoms with van der Waals surface area (Å²) in [6, 6.07) is 8.09. The molecule has 2 aromatic rings. The highest BCUT2D eigenvalue weighted by Crippen LogP contribution is 2.27. The Kier molecular flexibility index (Phi) is 3.15. The standard InChI is InChI=1S/C15H19N3O/c1-10-14(18-15(16)17-10)11-6-8-13(9-7-11)19-12-4-2-3-5-12/h6-9,12H,2-5H2,1H3,(H3,16,17,18). The molecule has 100 valence electrons. The predicted molar refractivity (Wildman–Crippen MR) is 76.1 cm³/mol. The van der Waals surface area contributed by atoms with Gasteiger partial charge in [0.25, 0.3) is 0 Å². The van der Waals surface area contributed by atoms with Crippen LogP contribution in [0.25, 0.3) is 11.3 Å². The van der Waals surface area contributed by atoms with E-state index >= 15 is 0 Å². The Morgan fingerprint density at radius 2 is 1.89 bits per heavy atom. The van der Waals surface area contributed by atoms with Gasteiger partial charge in [-0.25, -0.2) is 4.98 Å². The Bertz CT molecular complexity index is 553. The number of nitrogens with zero attached hydrogens (tertiary/aromatic N) is 1. The van der Waals surface area contributed by atoms with Crippen molar-refractivity contribution in [1.82, 2.24) is 9.97 Å². The molecule has 0 aliphatic heterocycles. The van der Waals surface area contributed by atoms with E-state index in [1.54, 1.807) is 0 Å². The molecule has 1 aromatic carbocycles. The highest BCUT2D eigenvalue weighted by molar-refractivity contribution is 5.64. The highest BCUT2D eigenvalue weighted by atomic mass is 16.5. The zero-order valence-corrected chi connectivity index (χ0v) is 11.1. The number of imidazole rings is 1. The first-order valence-corrected chi connectivity index (χ1v) is 6.81. The van der Waals surface area contributed by atoms with E-state index < -0.39 is 0 Å². The van der Waals surface area contributed by atoms with Crippen LogP contribution in [0.4, 0.5) is 5.95 Å². The predicted octanol–water partition coefficient (Wildman–Crippen LogP) is 3.29. The largest absolute Gasteiger partial charge is 0.490 e. The van der Waals surface area contributed by atoms with Gasteiger partial charge in [-0.05, 0) is 56.9 Å². The molecule has 0 atom stereocenters. The number of nitrogens with two attached hydrogens (primary N) is 1. The lowest BCUT2D eigenvalue weighted by Crippen LogP contribution is -2.10. The molecule has 0 unspecified atom stereocenters. The second-order valence-corrected chi connectivity index (χ2v) is 5.14. The van der Waals surface area contributed by atoms with Crippen molar-refractivity contribution >= 4 is 5.95 Å². The summed E-state index contributed by atoms with van der Waals surface area (Å²) in [5, 5.41) is 0. The second-order valence-electron chi connectivity index (χ2n) is 5.14. The number of anilines is 1. The molecule has 1 aliphatic rings. The van der Waals surface area contributed by atoms with Gasteiger partial charge >= 0.3 is 0 Å². The zero-order valence-electron chi connectivity index (χ0n) is 11.1. The van der Waals surface area contributed by atoms with E-state index in [0.717, 1.165) is 22.7 Å². The summed E-state index contributed by atoms with van der Waals surface area (Å²) in [6.45, 7) is 1.97. The first kappa shape index (κ1) is 12.1. The Balaban J connectivity index is 1.76. The minimum Gasteiger partial charge on any atom is -0.490 e. The van der Waals surface area contributed by atoms with Gasteiger partial charge in [0.2, 0.25) is 0 Å². The molecule has 4 heteroatoms. The van der Waals surface area contributed by atoms with E-state index in [1.165, 1.54) is 25.7 Å². The van der Waals surface area contributed by atoms with Crippen LogP contribution in [0.3, 0.4) is 0 Å². The summed E-state index contributed by atoms with van der Waals surface area (Å²) in [5.74, 6) is 1.40. The number of aryl methyl sites for hydroxylation is 1. The number of hydrogen-bond donors (Lipinski definition) is 2. The summed E-state index contributed by atoms with van der Waals surface area (Å²) >= 11 is 0. The normalized spacial score (nSPS) is 15.8. The van der Waals surface area contributed by atoms with Crippen LogP contribution >= 0.6 is 0 Å². The summed E-state index contributed by atoms with van der Waals surface area (Å²) in [5.41, 5.74) is 8.62. The molecule has 1 heterocycles. The minimum absolute atomic E-state index is 0.397. The van der Waals surface area contributed by atoms with Crippen LogP contribution in [-0.4, -0.2) is 16.1 Å². The molecular formula is C15H19N3O. The molecular weight excluding hydrogens is 238 g/mol. The topological polar surface area (TPSA) is 63.9 Å². The third kappa shape index (κ3) is 2.57. The van der Waals surface area contributed by atoms with Gasteiger partial charge in [0.1, 0.15) is 5.75 Å². The molecule has 4 nitrogen and oxygen atoms in total. The van der Waals surface area contributed by atoms with Crippen molar-refractivity contribution in [1.29, 1.82) is 0 Å². The monoisotopic (exact) mass is 257 g/mol. The number of H-pyrrole nitrogens is 1. The average Bonchev–Trinajstić information content (AvgIpc) is 3.00. The highest BCUT2D eigenvalue weighted by Gasteiger charge is 2.16. The Morgan fingerprint density at radius 3 is 2.47 bits per heavy atom. The lowest BCUT2D eigenvalue weighted by molar-refractivity contribution is 0.210. The van der Waals surface area contributed by atoms with Crippen molar-refractivity contribution in [3.05, 3.63) is 30.0 Å². The van der Waals surface area contributed by atoms with Crippen molar-refractivity contribution in [3.8, 4) is 17.0 Å². The molecule has 3 rings (SSSR count). The third-order valence-electron chi connectivity index (χ3n) is 3.64. The molecule has 1 saturated carbocycles. The van der Waals surface area contributed by atoms with Gasteiger partial charge in [-0.2, -0.15) is 0 Å². The fraction of sp³-hybridized carbons (Fsp3) is 0.400. The zero-order chi connectivity index (χ0) is 13.2. The van der Waals surface area contributed by atoms with Crippen LogP contribution in [-0.2, 0) is 0 Å². The van der Waals surface area contributed by atoms with Gasteiger partial charge in [0.05, 0.1) is 11.8 Å². The number of nitrogen functional groups attached to an aromatic ring is 1. The number of rotatable bonds is 3. The van der Waals surface area contributed by atoms with Gasteiger partial charge in [0, 0.05) is 11.3 Å². The molecule has 0 radical (unpaired) electrons. The van der Waals surface area contributed by atoms with Crippen molar-refractivity contribution < 1.29 is 4.74 Å². The van der Waals surface area contributed by atoms with E-state index in [1.807, 2.05) is 31.2 Å². The van der Waals surface area contributed by atoms with Gasteiger partial charge in [-0.1, -0.05) is 0 Å². The number of aromatic amines is 1. The van der Waals surface area contributed by atoms with Crippen LogP contribution < -0.4 is 10.5 Å². The average molecular weight is 257 g/mol. The first-order chi connectivity index (χ1) is 9.22. The Labute approximate surface area is 113 Å². The molecule has 0 saturated heterocycles. The SMILES string of the molecule is Cc1[nH]c(N)nc1-c1ccc(OC2CCCC2)cc1. The summed E-state index contributed by atoms with van der Waals surface area (Å²) in [7, 11) is 0. The van der Waals surface area contributed by atoms with Crippen molar-refractivity contribution in [3.63, 3.8) is 0 Å². The first-order valence-electron chi connectivity index (χ1n) is 6.81. The van der Waals surface area contributed by atoms with Gasteiger partial charge in [-0.15, -0.1) is 0 Å². The maximum atomic E-state index is 5.95. The van der Waals surface area contributed by atoms with Gasteiger partial charge in [-0.3, -0.25) is 0 Å². The van der Waals surface area contributed by atoms with E-state index in [2.05, 4.69) is 9.97 Å². The maximum absolute atomic E-state index is 5.95. The summed E-state index contributed by atoms with van der Waals surface area (Å²) in [4.78, 5) is 7.31. The van der Waals surface area contributed by atoms with Crippen LogP contribution in [0.2, 0.25) is 0 Å². The third-order valence-corrected chi connectivity index (χ3v) is 3.64. The van der Waals surface area contributed by atoms with Crippen LogP contribution in [0, 0.1) is 6.92 Å². The minimum atomic E-state index is 0.397. The van der Waals surface area contributed by atoms with E-state index in [9.17, 15) is 0 Å². The lowest BCUT2D eigenvalue weighted by Gasteiger charge is -2.13. The van der Waals surface area contributed by atoms with Crippen LogP contribution in [0.1, 0.15) is 31.4 Å². The van der Waals surface area contributed by atoms with Gasteiger partial charge in [0.15, 0.2) is 5.95 Å². The number of benzene rings is 1. The van der Waals surface area contributed by atoms with Crippen molar-refractivity contribution in [2.24, 2.45) is 0 Å². The second kappa shape index (κ2) is 4.96. The van der Waals surface area contributed by atoms with Crippen LogP contribution in [0.5, 0.6) is 5.75 Å². The molecule has 1 aromatic heterocycles. The van der Waals surface area contributed by atoms with Crippen molar-refractivity contribution in [2.45, 2.75) is 38.7 Å². The quantitative estimate of drug-likeness (QED) is 0.886. The molecule has 0 bridgehead atoms. The lowest BCUT2D eigenvalue weighted by atomic mass is 10.1. The Morgan fingerprint density at radius 1 is 1.21 bits per heavy atom. The number of hydrogen-bond acceptors (Lipinski definition) is 3. The summed E-state index contributed by atoms with van der Waals surface area (Å²) in [6.07, 6.45) is 5.32. The molecule has 1 fully saturated rings. The molecule has 3 N–H and O–H groups in total. The van der Waals surface area contributed by atoms with Crippen molar-refractivity contribution in [2.75, 3.05) is 5.73 Å². The van der Waals surface area contributed by atoms with E-state index in [4.69, 9.17) is 10.5 Å². The van der Waals surface area contributed by atoms with E-state index in [0.29, 0.717) is 12.1 Å². The Hall–Kier alpha value is -1.97. The fourth-order valence-corrected chi connectivity index (χ4v) is 2.65. The number of ether oxygens (including phenoxy) is 1.